The van der Waals surface area contributed by atoms with Crippen LogP contribution in [-0.2, 0) is 0 Å². The van der Waals surface area contributed by atoms with Crippen molar-refractivity contribution in [3.8, 4) is 0 Å². The molecule has 0 spiro atoms. The lowest BCUT2D eigenvalue weighted by Crippen LogP contribution is -2.42. The molecule has 0 bridgehead atoms. The molecular formula is C18H25ClF2N2O3. The van der Waals surface area contributed by atoms with Gasteiger partial charge in [0.1, 0.15) is 11.3 Å². The van der Waals surface area contributed by atoms with Crippen LogP contribution in [0.1, 0.15) is 66.1 Å². The zero-order valence-electron chi connectivity index (χ0n) is 14.8. The molecule has 26 heavy (non-hydrogen) atoms. The summed E-state index contributed by atoms with van der Waals surface area (Å²) in [5.74, 6) is -2.44. The lowest BCUT2D eigenvalue weighted by atomic mass is 9.92. The van der Waals surface area contributed by atoms with Crippen LogP contribution in [0, 0.1) is 6.92 Å². The zero-order chi connectivity index (χ0) is 18.0. The van der Waals surface area contributed by atoms with Crippen molar-refractivity contribution in [1.82, 2.24) is 10.6 Å². The van der Waals surface area contributed by atoms with Crippen LogP contribution in [-0.4, -0.2) is 31.0 Å². The van der Waals surface area contributed by atoms with Crippen LogP contribution in [0.4, 0.5) is 8.78 Å². The molecule has 1 amide bonds. The fourth-order valence-electron chi connectivity index (χ4n) is 3.64. The van der Waals surface area contributed by atoms with Crippen LogP contribution in [0.2, 0.25) is 0 Å². The third kappa shape index (κ3) is 4.82. The maximum atomic E-state index is 13.2. The second-order valence-electron chi connectivity index (χ2n) is 7.14. The number of hydrogen-bond acceptors (Lipinski definition) is 4. The van der Waals surface area contributed by atoms with Crippen molar-refractivity contribution < 1.29 is 18.0 Å². The molecule has 1 saturated carbocycles. The quantitative estimate of drug-likeness (QED) is 0.831. The van der Waals surface area contributed by atoms with E-state index in [2.05, 4.69) is 10.6 Å². The van der Waals surface area contributed by atoms with E-state index >= 15 is 0 Å². The van der Waals surface area contributed by atoms with Crippen molar-refractivity contribution in [1.29, 1.82) is 0 Å². The molecule has 2 fully saturated rings. The SMILES string of the molecule is Cc1cc(C2CCCNC2)oc(=O)c1C(=O)NC1CCC(F)(F)CC1.Cl. The number of hydrogen-bond donors (Lipinski definition) is 2. The van der Waals surface area contributed by atoms with Gasteiger partial charge in [-0.05, 0) is 50.8 Å². The molecule has 146 valence electrons. The van der Waals surface area contributed by atoms with Gasteiger partial charge in [-0.25, -0.2) is 13.6 Å². The van der Waals surface area contributed by atoms with Gasteiger partial charge in [0.05, 0.1) is 0 Å². The highest BCUT2D eigenvalue weighted by Crippen LogP contribution is 2.33. The Bertz CT molecular complexity index is 692. The highest BCUT2D eigenvalue weighted by atomic mass is 35.5. The average molecular weight is 391 g/mol. The maximum Gasteiger partial charge on any atom is 0.349 e. The van der Waals surface area contributed by atoms with Gasteiger partial charge in [-0.1, -0.05) is 0 Å². The number of halogens is 3. The third-order valence-corrected chi connectivity index (χ3v) is 5.15. The summed E-state index contributed by atoms with van der Waals surface area (Å²) in [6.07, 6.45) is 1.92. The number of carbonyl (C=O) groups excluding carboxylic acids is 1. The molecule has 1 aliphatic carbocycles. The second kappa shape index (κ2) is 8.48. The Hall–Kier alpha value is -1.47. The molecule has 3 rings (SSSR count). The highest BCUT2D eigenvalue weighted by Gasteiger charge is 2.35. The minimum Gasteiger partial charge on any atom is -0.427 e. The van der Waals surface area contributed by atoms with Crippen LogP contribution in [0.15, 0.2) is 15.3 Å². The second-order valence-corrected chi connectivity index (χ2v) is 7.14. The molecule has 8 heteroatoms. The predicted molar refractivity (Wildman–Crippen MR) is 96.5 cm³/mol. The van der Waals surface area contributed by atoms with Gasteiger partial charge in [-0.2, -0.15) is 0 Å². The summed E-state index contributed by atoms with van der Waals surface area (Å²) < 4.78 is 31.8. The average Bonchev–Trinajstić information content (AvgIpc) is 2.57. The van der Waals surface area contributed by atoms with Gasteiger partial charge in [0.25, 0.3) is 5.91 Å². The van der Waals surface area contributed by atoms with Crippen LogP contribution in [0.3, 0.4) is 0 Å². The summed E-state index contributed by atoms with van der Waals surface area (Å²) in [7, 11) is 0. The largest absolute Gasteiger partial charge is 0.427 e. The fraction of sp³-hybridized carbons (Fsp3) is 0.667. The number of carbonyl (C=O) groups is 1. The van der Waals surface area contributed by atoms with E-state index in [0.29, 0.717) is 11.3 Å². The highest BCUT2D eigenvalue weighted by molar-refractivity contribution is 5.95. The molecule has 1 saturated heterocycles. The van der Waals surface area contributed by atoms with E-state index in [0.717, 1.165) is 25.9 Å². The molecule has 1 unspecified atom stereocenters. The van der Waals surface area contributed by atoms with Crippen molar-refractivity contribution in [3.63, 3.8) is 0 Å². The summed E-state index contributed by atoms with van der Waals surface area (Å²) >= 11 is 0. The summed E-state index contributed by atoms with van der Waals surface area (Å²) in [6.45, 7) is 3.42. The van der Waals surface area contributed by atoms with E-state index in [9.17, 15) is 18.4 Å². The molecule has 1 aliphatic heterocycles. The molecule has 2 N–H and O–H groups in total. The van der Waals surface area contributed by atoms with E-state index in [4.69, 9.17) is 4.42 Å². The fourth-order valence-corrected chi connectivity index (χ4v) is 3.64. The molecule has 1 atom stereocenters. The first-order valence-corrected chi connectivity index (χ1v) is 8.90. The molecule has 1 aromatic rings. The van der Waals surface area contributed by atoms with Crippen molar-refractivity contribution in [2.24, 2.45) is 0 Å². The van der Waals surface area contributed by atoms with Gasteiger partial charge in [0, 0.05) is 31.3 Å². The normalized spacial score (nSPS) is 23.1. The molecule has 1 aromatic heterocycles. The Morgan fingerprint density at radius 1 is 1.31 bits per heavy atom. The van der Waals surface area contributed by atoms with E-state index in [1.54, 1.807) is 13.0 Å². The van der Waals surface area contributed by atoms with Crippen LogP contribution < -0.4 is 16.3 Å². The summed E-state index contributed by atoms with van der Waals surface area (Å²) in [5.41, 5.74) is -0.112. The Kier molecular flexibility index (Phi) is 6.80. The molecule has 0 radical (unpaired) electrons. The first-order valence-electron chi connectivity index (χ1n) is 8.90. The third-order valence-electron chi connectivity index (χ3n) is 5.15. The van der Waals surface area contributed by atoms with Crippen molar-refractivity contribution in [2.45, 2.75) is 63.3 Å². The Balaban J connectivity index is 0.00000243. The standard InChI is InChI=1S/C18H24F2N2O3.ClH/c1-11-9-14(12-3-2-8-21-10-12)25-17(24)15(11)16(23)22-13-4-6-18(19,20)7-5-13;/h9,12-13,21H,2-8,10H2,1H3,(H,22,23);1H. The van der Waals surface area contributed by atoms with E-state index in [-0.39, 0.29) is 55.6 Å². The molecule has 2 aliphatic rings. The van der Waals surface area contributed by atoms with Crippen molar-refractivity contribution in [3.05, 3.63) is 33.4 Å². The maximum absolute atomic E-state index is 13.2. The molecular weight excluding hydrogens is 366 g/mol. The lowest BCUT2D eigenvalue weighted by molar-refractivity contribution is -0.0399. The van der Waals surface area contributed by atoms with Crippen LogP contribution in [0.5, 0.6) is 0 Å². The van der Waals surface area contributed by atoms with E-state index < -0.39 is 17.5 Å². The molecule has 2 heterocycles. The number of rotatable bonds is 3. The number of piperidine rings is 1. The minimum absolute atomic E-state index is 0. The molecule has 5 nitrogen and oxygen atoms in total. The summed E-state index contributed by atoms with van der Waals surface area (Å²) in [5, 5.41) is 5.98. The van der Waals surface area contributed by atoms with Gasteiger partial charge in [-0.3, -0.25) is 4.79 Å². The summed E-state index contributed by atoms with van der Waals surface area (Å²) in [4.78, 5) is 24.8. The number of nitrogens with one attached hydrogen (secondary N) is 2. The number of amides is 1. The van der Waals surface area contributed by atoms with Crippen LogP contribution in [0.25, 0.3) is 0 Å². The minimum atomic E-state index is -2.65. The Morgan fingerprint density at radius 3 is 2.58 bits per heavy atom. The van der Waals surface area contributed by atoms with Gasteiger partial charge in [-0.15, -0.1) is 12.4 Å². The monoisotopic (exact) mass is 390 g/mol. The summed E-state index contributed by atoms with van der Waals surface area (Å²) in [6, 6.07) is 1.43. The van der Waals surface area contributed by atoms with Crippen LogP contribution >= 0.6 is 12.4 Å². The molecule has 0 aromatic carbocycles. The topological polar surface area (TPSA) is 71.3 Å². The van der Waals surface area contributed by atoms with Gasteiger partial charge in [0.2, 0.25) is 5.92 Å². The van der Waals surface area contributed by atoms with E-state index in [1.165, 1.54) is 0 Å². The van der Waals surface area contributed by atoms with Gasteiger partial charge in [0.15, 0.2) is 0 Å². The lowest BCUT2D eigenvalue weighted by Gasteiger charge is -2.28. The first-order chi connectivity index (χ1) is 11.9. The van der Waals surface area contributed by atoms with E-state index in [1.807, 2.05) is 0 Å². The predicted octanol–water partition coefficient (Wildman–Crippen LogP) is 3.14. The van der Waals surface area contributed by atoms with Crippen molar-refractivity contribution >= 4 is 18.3 Å². The smallest absolute Gasteiger partial charge is 0.349 e. The Morgan fingerprint density at radius 2 is 2.00 bits per heavy atom. The van der Waals surface area contributed by atoms with Gasteiger partial charge < -0.3 is 15.1 Å². The first kappa shape index (κ1) is 20.8. The number of aryl methyl sites for hydroxylation is 1. The van der Waals surface area contributed by atoms with Crippen molar-refractivity contribution in [2.75, 3.05) is 13.1 Å². The zero-order valence-corrected chi connectivity index (χ0v) is 15.6. The van der Waals surface area contributed by atoms with Gasteiger partial charge >= 0.3 is 5.63 Å². The Labute approximate surface area is 157 Å². The number of alkyl halides is 2.